The van der Waals surface area contributed by atoms with Crippen LogP contribution in [0.1, 0.15) is 5.56 Å². The zero-order chi connectivity index (χ0) is 12.8. The molecule has 1 rings (SSSR count). The predicted octanol–water partition coefficient (Wildman–Crippen LogP) is 1.07. The van der Waals surface area contributed by atoms with Crippen LogP contribution in [-0.2, 0) is 9.59 Å². The van der Waals surface area contributed by atoms with Gasteiger partial charge in [-0.2, -0.15) is 0 Å². The summed E-state index contributed by atoms with van der Waals surface area (Å²) >= 11 is 5.40. The highest BCUT2D eigenvalue weighted by molar-refractivity contribution is 6.29. The smallest absolute Gasteiger partial charge is 0.239 e. The molecule has 0 bridgehead atoms. The van der Waals surface area contributed by atoms with Crippen LogP contribution in [-0.4, -0.2) is 24.2 Å². The van der Waals surface area contributed by atoms with Crippen molar-refractivity contribution in [1.82, 2.24) is 0 Å². The molecule has 0 unspecified atom stereocenters. The Bertz CT molecular complexity index is 435. The maximum atomic E-state index is 11.2. The number of rotatable bonds is 4. The minimum atomic E-state index is -0.334. The van der Waals surface area contributed by atoms with E-state index in [0.29, 0.717) is 11.4 Å². The lowest BCUT2D eigenvalue weighted by Gasteiger charge is -2.12. The van der Waals surface area contributed by atoms with E-state index in [1.807, 2.05) is 13.0 Å². The fraction of sp³-hybridized carbons (Fsp3) is 0.273. The number of halogens is 1. The van der Waals surface area contributed by atoms with Gasteiger partial charge in [0.1, 0.15) is 5.88 Å². The number of carbonyl (C=O) groups is 2. The lowest BCUT2D eigenvalue weighted by atomic mass is 10.2. The van der Waals surface area contributed by atoms with Crippen LogP contribution in [0.5, 0.6) is 0 Å². The molecular formula is C11H14ClN3O2. The van der Waals surface area contributed by atoms with E-state index >= 15 is 0 Å². The number of alkyl halides is 1. The minimum absolute atomic E-state index is 0.114. The fourth-order valence-electron chi connectivity index (χ4n) is 1.26. The standard InChI is InChI=1S/C11H14ClN3O2/c1-7-2-3-8(14-10(16)5-12)9(4-7)15-11(17)6-13/h2-4H,5-6,13H2,1H3,(H,14,16)(H,15,17). The molecule has 0 heterocycles. The van der Waals surface area contributed by atoms with Gasteiger partial charge in [-0.1, -0.05) is 6.07 Å². The van der Waals surface area contributed by atoms with Crippen LogP contribution in [0.3, 0.4) is 0 Å². The average Bonchev–Trinajstić information content (AvgIpc) is 2.32. The molecule has 0 spiro atoms. The van der Waals surface area contributed by atoms with Gasteiger partial charge in [-0.25, -0.2) is 0 Å². The first-order chi connectivity index (χ1) is 8.06. The minimum Gasteiger partial charge on any atom is -0.323 e. The van der Waals surface area contributed by atoms with E-state index in [1.54, 1.807) is 12.1 Å². The molecule has 0 aromatic heterocycles. The summed E-state index contributed by atoms with van der Waals surface area (Å²) in [6.45, 7) is 1.77. The molecule has 2 amide bonds. The molecule has 92 valence electrons. The largest absolute Gasteiger partial charge is 0.323 e. The predicted molar refractivity (Wildman–Crippen MR) is 68.2 cm³/mol. The van der Waals surface area contributed by atoms with E-state index in [1.165, 1.54) is 0 Å². The van der Waals surface area contributed by atoms with Crippen molar-refractivity contribution < 1.29 is 9.59 Å². The van der Waals surface area contributed by atoms with E-state index in [9.17, 15) is 9.59 Å². The maximum Gasteiger partial charge on any atom is 0.239 e. The summed E-state index contributed by atoms with van der Waals surface area (Å²) in [5.74, 6) is -0.797. The van der Waals surface area contributed by atoms with Crippen LogP contribution in [0.4, 0.5) is 11.4 Å². The average molecular weight is 256 g/mol. The number of hydrogen-bond acceptors (Lipinski definition) is 3. The summed E-state index contributed by atoms with van der Waals surface area (Å²) in [7, 11) is 0. The molecule has 0 saturated carbocycles. The lowest BCUT2D eigenvalue weighted by molar-refractivity contribution is -0.115. The van der Waals surface area contributed by atoms with Gasteiger partial charge in [0.2, 0.25) is 11.8 Å². The molecule has 6 heteroatoms. The first kappa shape index (κ1) is 13.5. The number of amides is 2. The molecule has 1 aromatic carbocycles. The monoisotopic (exact) mass is 255 g/mol. The molecule has 0 aliphatic carbocycles. The molecule has 4 N–H and O–H groups in total. The SMILES string of the molecule is Cc1ccc(NC(=O)CCl)c(NC(=O)CN)c1. The van der Waals surface area contributed by atoms with Crippen molar-refractivity contribution in [3.05, 3.63) is 23.8 Å². The number of hydrogen-bond donors (Lipinski definition) is 3. The van der Waals surface area contributed by atoms with Gasteiger partial charge in [-0.3, -0.25) is 9.59 Å². The first-order valence-corrected chi connectivity index (χ1v) is 5.56. The van der Waals surface area contributed by atoms with Crippen molar-refractivity contribution in [3.63, 3.8) is 0 Å². The lowest BCUT2D eigenvalue weighted by Crippen LogP contribution is -2.23. The highest BCUT2D eigenvalue weighted by Gasteiger charge is 2.08. The quantitative estimate of drug-likeness (QED) is 0.704. The number of aryl methyl sites for hydroxylation is 1. The molecule has 0 aliphatic heterocycles. The maximum absolute atomic E-state index is 11.2. The normalized spacial score (nSPS) is 9.82. The Labute approximate surface area is 104 Å². The zero-order valence-corrected chi connectivity index (χ0v) is 10.2. The van der Waals surface area contributed by atoms with Crippen LogP contribution in [0.2, 0.25) is 0 Å². The number of benzene rings is 1. The van der Waals surface area contributed by atoms with Crippen LogP contribution < -0.4 is 16.4 Å². The second kappa shape index (κ2) is 6.22. The highest BCUT2D eigenvalue weighted by Crippen LogP contribution is 2.23. The molecule has 0 saturated heterocycles. The van der Waals surface area contributed by atoms with Gasteiger partial charge >= 0.3 is 0 Å². The Balaban J connectivity index is 2.95. The van der Waals surface area contributed by atoms with Gasteiger partial charge in [0, 0.05) is 0 Å². The zero-order valence-electron chi connectivity index (χ0n) is 9.42. The van der Waals surface area contributed by atoms with Gasteiger partial charge < -0.3 is 16.4 Å². The first-order valence-electron chi connectivity index (χ1n) is 5.03. The van der Waals surface area contributed by atoms with Crippen molar-refractivity contribution in [2.75, 3.05) is 23.1 Å². The highest BCUT2D eigenvalue weighted by atomic mass is 35.5. The summed E-state index contributed by atoms with van der Waals surface area (Å²) in [6, 6.07) is 5.27. The third kappa shape index (κ3) is 4.05. The van der Waals surface area contributed by atoms with Crippen LogP contribution in [0.15, 0.2) is 18.2 Å². The molecule has 0 radical (unpaired) electrons. The third-order valence-corrected chi connectivity index (χ3v) is 2.27. The van der Waals surface area contributed by atoms with Crippen molar-refractivity contribution in [1.29, 1.82) is 0 Å². The fourth-order valence-corrected chi connectivity index (χ4v) is 1.32. The number of nitrogens with one attached hydrogen (secondary N) is 2. The Morgan fingerprint density at radius 3 is 2.47 bits per heavy atom. The second-order valence-corrected chi connectivity index (χ2v) is 3.75. The topological polar surface area (TPSA) is 84.2 Å². The van der Waals surface area contributed by atoms with Crippen LogP contribution >= 0.6 is 11.6 Å². The van der Waals surface area contributed by atoms with E-state index in [0.717, 1.165) is 5.56 Å². The van der Waals surface area contributed by atoms with Crippen LogP contribution in [0, 0.1) is 6.92 Å². The van der Waals surface area contributed by atoms with Gasteiger partial charge in [0.15, 0.2) is 0 Å². The van der Waals surface area contributed by atoms with E-state index < -0.39 is 0 Å². The number of nitrogens with two attached hydrogens (primary N) is 1. The van der Waals surface area contributed by atoms with Gasteiger partial charge in [-0.05, 0) is 24.6 Å². The van der Waals surface area contributed by atoms with Crippen molar-refractivity contribution in [2.45, 2.75) is 6.92 Å². The van der Waals surface area contributed by atoms with E-state index in [2.05, 4.69) is 10.6 Å². The van der Waals surface area contributed by atoms with E-state index in [4.69, 9.17) is 17.3 Å². The Kier molecular flexibility index (Phi) is 4.93. The van der Waals surface area contributed by atoms with Gasteiger partial charge in [-0.15, -0.1) is 11.6 Å². The second-order valence-electron chi connectivity index (χ2n) is 3.48. The summed E-state index contributed by atoms with van der Waals surface area (Å²) in [6.07, 6.45) is 0. The molecule has 5 nitrogen and oxygen atoms in total. The number of anilines is 2. The Morgan fingerprint density at radius 2 is 1.88 bits per heavy atom. The summed E-state index contributed by atoms with van der Waals surface area (Å²) < 4.78 is 0. The van der Waals surface area contributed by atoms with Gasteiger partial charge in [0.25, 0.3) is 0 Å². The summed E-state index contributed by atoms with van der Waals surface area (Å²) in [5, 5.41) is 5.20. The summed E-state index contributed by atoms with van der Waals surface area (Å²) in [5.41, 5.74) is 7.19. The van der Waals surface area contributed by atoms with Crippen molar-refractivity contribution >= 4 is 34.8 Å². The molecule has 0 aliphatic rings. The van der Waals surface area contributed by atoms with Crippen molar-refractivity contribution in [3.8, 4) is 0 Å². The molecule has 0 fully saturated rings. The molecule has 0 atom stereocenters. The van der Waals surface area contributed by atoms with E-state index in [-0.39, 0.29) is 24.2 Å². The Morgan fingerprint density at radius 1 is 1.24 bits per heavy atom. The van der Waals surface area contributed by atoms with Crippen molar-refractivity contribution in [2.24, 2.45) is 5.73 Å². The summed E-state index contributed by atoms with van der Waals surface area (Å²) in [4.78, 5) is 22.4. The number of carbonyl (C=O) groups excluding carboxylic acids is 2. The molecule has 17 heavy (non-hydrogen) atoms. The molecule has 1 aromatic rings. The third-order valence-electron chi connectivity index (χ3n) is 2.03. The Hall–Kier alpha value is -1.59. The van der Waals surface area contributed by atoms with Gasteiger partial charge in [0.05, 0.1) is 17.9 Å². The van der Waals surface area contributed by atoms with Crippen LogP contribution in [0.25, 0.3) is 0 Å². The molecular weight excluding hydrogens is 242 g/mol.